The lowest BCUT2D eigenvalue weighted by Crippen LogP contribution is -2.26. The third-order valence-electron chi connectivity index (χ3n) is 3.29. The molecule has 23 heavy (non-hydrogen) atoms. The Kier molecular flexibility index (Phi) is 6.11. The number of halogens is 1. The third-order valence-corrected chi connectivity index (χ3v) is 3.29. The number of aliphatic hydroxyl groups is 1. The number of hydrogen-bond donors (Lipinski definition) is 2. The molecule has 1 unspecified atom stereocenters. The largest absolute Gasteiger partial charge is 0.488 e. The number of carbonyl (C=O) groups is 1. The van der Waals surface area contributed by atoms with Crippen LogP contribution >= 0.6 is 0 Å². The van der Waals surface area contributed by atoms with Crippen molar-refractivity contribution in [1.82, 2.24) is 5.32 Å². The third kappa shape index (κ3) is 5.38. The molecule has 2 N–H and O–H groups in total. The van der Waals surface area contributed by atoms with Gasteiger partial charge in [0.25, 0.3) is 5.91 Å². The highest BCUT2D eigenvalue weighted by atomic mass is 19.1. The SMILES string of the molecule is CC(O)CCNC(=O)c1ccccc1OCc1ccc(F)cc1. The smallest absolute Gasteiger partial charge is 0.255 e. The molecule has 0 aliphatic heterocycles. The molecule has 0 spiro atoms. The zero-order valence-electron chi connectivity index (χ0n) is 13.0. The van der Waals surface area contributed by atoms with E-state index < -0.39 is 6.10 Å². The minimum Gasteiger partial charge on any atom is -0.488 e. The first-order valence-electron chi connectivity index (χ1n) is 7.49. The highest BCUT2D eigenvalue weighted by Crippen LogP contribution is 2.19. The fourth-order valence-electron chi connectivity index (χ4n) is 2.01. The van der Waals surface area contributed by atoms with Crippen LogP contribution in [0.5, 0.6) is 5.75 Å². The molecule has 5 heteroatoms. The molecule has 1 atom stereocenters. The number of amides is 1. The number of para-hydroxylation sites is 1. The average Bonchev–Trinajstić information content (AvgIpc) is 2.54. The Morgan fingerprint density at radius 2 is 1.91 bits per heavy atom. The summed E-state index contributed by atoms with van der Waals surface area (Å²) in [7, 11) is 0. The van der Waals surface area contributed by atoms with Crippen LogP contribution in [0.2, 0.25) is 0 Å². The molecule has 0 heterocycles. The van der Waals surface area contributed by atoms with Gasteiger partial charge in [0.1, 0.15) is 18.2 Å². The van der Waals surface area contributed by atoms with Gasteiger partial charge in [-0.1, -0.05) is 24.3 Å². The van der Waals surface area contributed by atoms with Crippen molar-refractivity contribution in [1.29, 1.82) is 0 Å². The van der Waals surface area contributed by atoms with E-state index in [2.05, 4.69) is 5.32 Å². The van der Waals surface area contributed by atoms with E-state index in [0.29, 0.717) is 24.3 Å². The molecular formula is C18H20FNO3. The molecule has 0 aliphatic rings. The van der Waals surface area contributed by atoms with Crippen LogP contribution in [0.25, 0.3) is 0 Å². The second-order valence-corrected chi connectivity index (χ2v) is 5.30. The van der Waals surface area contributed by atoms with Gasteiger partial charge in [0.05, 0.1) is 11.7 Å². The summed E-state index contributed by atoms with van der Waals surface area (Å²) in [5, 5.41) is 12.0. The van der Waals surface area contributed by atoms with Crippen molar-refractivity contribution in [2.75, 3.05) is 6.54 Å². The molecule has 2 rings (SSSR count). The summed E-state index contributed by atoms with van der Waals surface area (Å²) >= 11 is 0. The van der Waals surface area contributed by atoms with Crippen LogP contribution in [0.15, 0.2) is 48.5 Å². The minimum atomic E-state index is -0.458. The van der Waals surface area contributed by atoms with Gasteiger partial charge in [-0.15, -0.1) is 0 Å². The second-order valence-electron chi connectivity index (χ2n) is 5.30. The molecule has 1 amide bonds. The lowest BCUT2D eigenvalue weighted by Gasteiger charge is -2.12. The van der Waals surface area contributed by atoms with Gasteiger partial charge in [-0.25, -0.2) is 4.39 Å². The topological polar surface area (TPSA) is 58.6 Å². The van der Waals surface area contributed by atoms with Crippen LogP contribution in [0.3, 0.4) is 0 Å². The highest BCUT2D eigenvalue weighted by molar-refractivity contribution is 5.96. The van der Waals surface area contributed by atoms with Crippen LogP contribution in [-0.2, 0) is 6.61 Å². The van der Waals surface area contributed by atoms with E-state index in [1.165, 1.54) is 12.1 Å². The van der Waals surface area contributed by atoms with Gasteiger partial charge in [-0.2, -0.15) is 0 Å². The monoisotopic (exact) mass is 317 g/mol. The Bertz CT molecular complexity index is 641. The fraction of sp³-hybridized carbons (Fsp3) is 0.278. The van der Waals surface area contributed by atoms with Crippen molar-refractivity contribution in [3.05, 3.63) is 65.5 Å². The van der Waals surface area contributed by atoms with Gasteiger partial charge >= 0.3 is 0 Å². The number of nitrogens with one attached hydrogen (secondary N) is 1. The molecule has 2 aromatic carbocycles. The normalized spacial score (nSPS) is 11.8. The molecule has 0 bridgehead atoms. The summed E-state index contributed by atoms with van der Waals surface area (Å²) in [4.78, 5) is 12.2. The zero-order valence-corrected chi connectivity index (χ0v) is 13.0. The van der Waals surface area contributed by atoms with E-state index in [1.54, 1.807) is 43.3 Å². The first kappa shape index (κ1) is 17.0. The number of carbonyl (C=O) groups excluding carboxylic acids is 1. The van der Waals surface area contributed by atoms with Gasteiger partial charge < -0.3 is 15.2 Å². The first-order valence-corrected chi connectivity index (χ1v) is 7.49. The number of ether oxygens (including phenoxy) is 1. The number of benzene rings is 2. The summed E-state index contributed by atoms with van der Waals surface area (Å²) in [6.07, 6.45) is 0.0323. The van der Waals surface area contributed by atoms with Crippen LogP contribution in [0.4, 0.5) is 4.39 Å². The van der Waals surface area contributed by atoms with E-state index in [0.717, 1.165) is 5.56 Å². The number of rotatable bonds is 7. The lowest BCUT2D eigenvalue weighted by molar-refractivity contribution is 0.0941. The van der Waals surface area contributed by atoms with E-state index in [9.17, 15) is 14.3 Å². The Balaban J connectivity index is 1.99. The van der Waals surface area contributed by atoms with Crippen LogP contribution in [-0.4, -0.2) is 23.7 Å². The van der Waals surface area contributed by atoms with E-state index in [1.807, 2.05) is 0 Å². The van der Waals surface area contributed by atoms with Gasteiger partial charge in [0.15, 0.2) is 0 Å². The maximum absolute atomic E-state index is 12.9. The minimum absolute atomic E-state index is 0.248. The van der Waals surface area contributed by atoms with Crippen LogP contribution < -0.4 is 10.1 Å². The lowest BCUT2D eigenvalue weighted by atomic mass is 10.1. The van der Waals surface area contributed by atoms with E-state index >= 15 is 0 Å². The summed E-state index contributed by atoms with van der Waals surface area (Å²) in [5.74, 6) is -0.0848. The standard InChI is InChI=1S/C18H20FNO3/c1-13(21)10-11-20-18(22)16-4-2-3-5-17(16)23-12-14-6-8-15(19)9-7-14/h2-9,13,21H,10-12H2,1H3,(H,20,22). The van der Waals surface area contributed by atoms with Crippen molar-refractivity contribution in [2.45, 2.75) is 26.1 Å². The number of aliphatic hydroxyl groups excluding tert-OH is 1. The van der Waals surface area contributed by atoms with Crippen molar-refractivity contribution >= 4 is 5.91 Å². The molecular weight excluding hydrogens is 297 g/mol. The predicted octanol–water partition coefficient (Wildman–Crippen LogP) is 2.91. The Hall–Kier alpha value is -2.40. The van der Waals surface area contributed by atoms with E-state index in [-0.39, 0.29) is 18.3 Å². The Morgan fingerprint density at radius 3 is 2.61 bits per heavy atom. The molecule has 2 aromatic rings. The van der Waals surface area contributed by atoms with Gasteiger partial charge in [0.2, 0.25) is 0 Å². The zero-order chi connectivity index (χ0) is 16.7. The summed E-state index contributed by atoms with van der Waals surface area (Å²) < 4.78 is 18.6. The average molecular weight is 317 g/mol. The molecule has 0 fully saturated rings. The molecule has 0 saturated carbocycles. The Morgan fingerprint density at radius 1 is 1.22 bits per heavy atom. The van der Waals surface area contributed by atoms with Crippen molar-refractivity contribution in [3.63, 3.8) is 0 Å². The van der Waals surface area contributed by atoms with Gasteiger partial charge in [0, 0.05) is 6.54 Å². The quantitative estimate of drug-likeness (QED) is 0.825. The van der Waals surface area contributed by atoms with Crippen molar-refractivity contribution < 1.29 is 19.0 Å². The second kappa shape index (κ2) is 8.29. The summed E-state index contributed by atoms with van der Waals surface area (Å²) in [6.45, 7) is 2.31. The summed E-state index contributed by atoms with van der Waals surface area (Å²) in [6, 6.07) is 13.0. The van der Waals surface area contributed by atoms with Crippen LogP contribution in [0, 0.1) is 5.82 Å². The Labute approximate surface area is 134 Å². The fourth-order valence-corrected chi connectivity index (χ4v) is 2.01. The number of hydrogen-bond acceptors (Lipinski definition) is 3. The molecule has 0 saturated heterocycles. The van der Waals surface area contributed by atoms with Gasteiger partial charge in [-0.3, -0.25) is 4.79 Å². The van der Waals surface area contributed by atoms with Crippen molar-refractivity contribution in [2.24, 2.45) is 0 Å². The van der Waals surface area contributed by atoms with Crippen LogP contribution in [0.1, 0.15) is 29.3 Å². The molecule has 4 nitrogen and oxygen atoms in total. The predicted molar refractivity (Wildman–Crippen MR) is 85.8 cm³/mol. The first-order chi connectivity index (χ1) is 11.1. The maximum Gasteiger partial charge on any atom is 0.255 e. The maximum atomic E-state index is 12.9. The summed E-state index contributed by atoms with van der Waals surface area (Å²) in [5.41, 5.74) is 1.25. The molecule has 122 valence electrons. The van der Waals surface area contributed by atoms with E-state index in [4.69, 9.17) is 4.74 Å². The molecule has 0 radical (unpaired) electrons. The van der Waals surface area contributed by atoms with Gasteiger partial charge in [-0.05, 0) is 43.2 Å². The molecule has 0 aliphatic carbocycles. The highest BCUT2D eigenvalue weighted by Gasteiger charge is 2.12. The molecule has 0 aromatic heterocycles. The van der Waals surface area contributed by atoms with Crippen molar-refractivity contribution in [3.8, 4) is 5.75 Å².